The number of rotatable bonds is 3. The molecule has 0 saturated carbocycles. The minimum absolute atomic E-state index is 0.625. The van der Waals surface area contributed by atoms with Crippen molar-refractivity contribution in [3.05, 3.63) is 41.4 Å². The van der Waals surface area contributed by atoms with Crippen LogP contribution in [0.2, 0.25) is 5.02 Å². The highest BCUT2D eigenvalue weighted by Gasteiger charge is 2.01. The molecule has 0 saturated heterocycles. The number of halogens is 1. The Morgan fingerprint density at radius 2 is 2.27 bits per heavy atom. The van der Waals surface area contributed by atoms with Crippen LogP contribution in [0.25, 0.3) is 0 Å². The number of aryl methyl sites for hydroxylation is 1. The fraction of sp³-hybridized carbons (Fsp3) is 0.200. The summed E-state index contributed by atoms with van der Waals surface area (Å²) in [6.45, 7) is 0.695. The number of pyridine rings is 1. The van der Waals surface area contributed by atoms with E-state index in [1.54, 1.807) is 18.6 Å². The first-order valence-corrected chi connectivity index (χ1v) is 4.95. The molecule has 2 aromatic rings. The van der Waals surface area contributed by atoms with Crippen LogP contribution in [0.3, 0.4) is 0 Å². The second-order valence-corrected chi connectivity index (χ2v) is 3.56. The maximum atomic E-state index is 5.96. The van der Waals surface area contributed by atoms with Crippen LogP contribution in [-0.4, -0.2) is 14.8 Å². The molecule has 0 aliphatic carbocycles. The lowest BCUT2D eigenvalue weighted by Gasteiger charge is -2.07. The lowest BCUT2D eigenvalue weighted by molar-refractivity contribution is 0.720. The van der Waals surface area contributed by atoms with Gasteiger partial charge in [-0.2, -0.15) is 5.10 Å². The van der Waals surface area contributed by atoms with E-state index in [1.807, 2.05) is 23.9 Å². The number of nitrogens with zero attached hydrogens (tertiary/aromatic N) is 3. The number of anilines is 1. The summed E-state index contributed by atoms with van der Waals surface area (Å²) < 4.78 is 1.82. The molecule has 0 unspecified atom stereocenters. The van der Waals surface area contributed by atoms with Crippen molar-refractivity contribution in [3.63, 3.8) is 0 Å². The molecule has 0 spiro atoms. The third-order valence-electron chi connectivity index (χ3n) is 2.15. The number of hydrogen-bond donors (Lipinski definition) is 1. The van der Waals surface area contributed by atoms with Crippen LogP contribution in [0.15, 0.2) is 30.7 Å². The molecular formula is C10H11ClN4. The topological polar surface area (TPSA) is 42.7 Å². The molecule has 2 aromatic heterocycles. The van der Waals surface area contributed by atoms with Crippen molar-refractivity contribution in [1.82, 2.24) is 14.8 Å². The summed E-state index contributed by atoms with van der Waals surface area (Å²) in [5.41, 5.74) is 1.98. The van der Waals surface area contributed by atoms with E-state index in [1.165, 1.54) is 0 Å². The van der Waals surface area contributed by atoms with E-state index in [0.717, 1.165) is 11.4 Å². The first-order valence-electron chi connectivity index (χ1n) is 4.57. The fourth-order valence-electron chi connectivity index (χ4n) is 1.28. The summed E-state index contributed by atoms with van der Waals surface area (Å²) in [6, 6.07) is 3.81. The second-order valence-electron chi connectivity index (χ2n) is 3.16. The Labute approximate surface area is 92.9 Å². The summed E-state index contributed by atoms with van der Waals surface area (Å²) in [5, 5.41) is 7.93. The zero-order chi connectivity index (χ0) is 10.7. The van der Waals surface area contributed by atoms with E-state index in [2.05, 4.69) is 15.4 Å². The molecule has 5 heteroatoms. The molecule has 78 valence electrons. The lowest BCUT2D eigenvalue weighted by atomic mass is 10.3. The predicted octanol–water partition coefficient (Wildman–Crippen LogP) is 2.08. The monoisotopic (exact) mass is 222 g/mol. The second kappa shape index (κ2) is 4.31. The predicted molar refractivity (Wildman–Crippen MR) is 59.8 cm³/mol. The molecule has 0 aliphatic heterocycles. The van der Waals surface area contributed by atoms with Crippen LogP contribution < -0.4 is 5.32 Å². The summed E-state index contributed by atoms with van der Waals surface area (Å²) in [5.74, 6) is 0. The van der Waals surface area contributed by atoms with E-state index >= 15 is 0 Å². The van der Waals surface area contributed by atoms with E-state index < -0.39 is 0 Å². The van der Waals surface area contributed by atoms with Gasteiger partial charge in [0, 0.05) is 25.6 Å². The maximum absolute atomic E-state index is 5.96. The smallest absolute Gasteiger partial charge is 0.0820 e. The van der Waals surface area contributed by atoms with Gasteiger partial charge in [-0.1, -0.05) is 11.6 Å². The highest BCUT2D eigenvalue weighted by Crippen LogP contribution is 2.19. The molecular weight excluding hydrogens is 212 g/mol. The zero-order valence-electron chi connectivity index (χ0n) is 8.31. The lowest BCUT2D eigenvalue weighted by Crippen LogP contribution is -2.05. The van der Waals surface area contributed by atoms with Gasteiger partial charge in [0.25, 0.3) is 0 Å². The molecule has 1 N–H and O–H groups in total. The van der Waals surface area contributed by atoms with Crippen molar-refractivity contribution in [2.24, 2.45) is 7.05 Å². The van der Waals surface area contributed by atoms with Gasteiger partial charge in [-0.3, -0.25) is 9.67 Å². The summed E-state index contributed by atoms with van der Waals surface area (Å²) in [4.78, 5) is 3.92. The van der Waals surface area contributed by atoms with E-state index in [9.17, 15) is 0 Å². The van der Waals surface area contributed by atoms with E-state index in [0.29, 0.717) is 11.6 Å². The van der Waals surface area contributed by atoms with Crippen molar-refractivity contribution in [3.8, 4) is 0 Å². The highest BCUT2D eigenvalue weighted by atomic mass is 35.5. The van der Waals surface area contributed by atoms with Gasteiger partial charge in [-0.25, -0.2) is 0 Å². The maximum Gasteiger partial charge on any atom is 0.0820 e. The van der Waals surface area contributed by atoms with Crippen LogP contribution in [0, 0.1) is 0 Å². The molecule has 0 aromatic carbocycles. The first kappa shape index (κ1) is 9.98. The Balaban J connectivity index is 2.06. The van der Waals surface area contributed by atoms with Crippen LogP contribution in [-0.2, 0) is 13.6 Å². The summed E-state index contributed by atoms with van der Waals surface area (Å²) in [6.07, 6.45) is 5.09. The van der Waals surface area contributed by atoms with Crippen molar-refractivity contribution < 1.29 is 0 Å². The van der Waals surface area contributed by atoms with Crippen LogP contribution in [0.4, 0.5) is 5.69 Å². The molecule has 2 rings (SSSR count). The van der Waals surface area contributed by atoms with E-state index in [-0.39, 0.29) is 0 Å². The van der Waals surface area contributed by atoms with Gasteiger partial charge in [0.2, 0.25) is 0 Å². The number of nitrogens with one attached hydrogen (secondary N) is 1. The molecule has 15 heavy (non-hydrogen) atoms. The van der Waals surface area contributed by atoms with Gasteiger partial charge in [0.05, 0.1) is 22.9 Å². The molecule has 4 nitrogen and oxygen atoms in total. The van der Waals surface area contributed by atoms with Crippen LogP contribution in [0.5, 0.6) is 0 Å². The minimum atomic E-state index is 0.625. The van der Waals surface area contributed by atoms with Crippen molar-refractivity contribution in [2.45, 2.75) is 6.54 Å². The zero-order valence-corrected chi connectivity index (χ0v) is 9.07. The van der Waals surface area contributed by atoms with Gasteiger partial charge in [-0.15, -0.1) is 0 Å². The Kier molecular flexibility index (Phi) is 2.87. The van der Waals surface area contributed by atoms with Crippen molar-refractivity contribution in [1.29, 1.82) is 0 Å². The van der Waals surface area contributed by atoms with Gasteiger partial charge >= 0.3 is 0 Å². The van der Waals surface area contributed by atoms with Crippen molar-refractivity contribution in [2.75, 3.05) is 5.32 Å². The Bertz CT molecular complexity index is 452. The standard InChI is InChI=1S/C10H11ClN4/c1-15-8(2-5-14-15)6-13-10-3-4-12-7-9(10)11/h2-5,7H,6H2,1H3,(H,12,13). The Morgan fingerprint density at radius 3 is 2.93 bits per heavy atom. The normalized spacial score (nSPS) is 10.3. The van der Waals surface area contributed by atoms with Gasteiger partial charge in [0.1, 0.15) is 0 Å². The molecule has 0 atom stereocenters. The van der Waals surface area contributed by atoms with Gasteiger partial charge in [0.15, 0.2) is 0 Å². The van der Waals surface area contributed by atoms with Crippen LogP contribution in [0.1, 0.15) is 5.69 Å². The fourth-order valence-corrected chi connectivity index (χ4v) is 1.47. The van der Waals surface area contributed by atoms with E-state index in [4.69, 9.17) is 11.6 Å². The third-order valence-corrected chi connectivity index (χ3v) is 2.46. The van der Waals surface area contributed by atoms with Gasteiger partial charge in [-0.05, 0) is 12.1 Å². The highest BCUT2D eigenvalue weighted by molar-refractivity contribution is 6.33. The minimum Gasteiger partial charge on any atom is -0.378 e. The SMILES string of the molecule is Cn1nccc1CNc1ccncc1Cl. The molecule has 2 heterocycles. The summed E-state index contributed by atoms with van der Waals surface area (Å²) in [7, 11) is 1.91. The molecule has 0 radical (unpaired) electrons. The van der Waals surface area contributed by atoms with Crippen LogP contribution >= 0.6 is 11.6 Å². The van der Waals surface area contributed by atoms with Gasteiger partial charge < -0.3 is 5.32 Å². The average Bonchev–Trinajstić information content (AvgIpc) is 2.63. The third kappa shape index (κ3) is 2.27. The molecule has 0 aliphatic rings. The average molecular weight is 223 g/mol. The Hall–Kier alpha value is -1.55. The van der Waals surface area contributed by atoms with Crippen molar-refractivity contribution >= 4 is 17.3 Å². The summed E-state index contributed by atoms with van der Waals surface area (Å²) >= 11 is 5.96. The molecule has 0 bridgehead atoms. The largest absolute Gasteiger partial charge is 0.378 e. The quantitative estimate of drug-likeness (QED) is 0.865. The first-order chi connectivity index (χ1) is 7.27. The number of aromatic nitrogens is 3. The number of hydrogen-bond acceptors (Lipinski definition) is 3. The molecule has 0 fully saturated rings. The Morgan fingerprint density at radius 1 is 1.40 bits per heavy atom. The molecule has 0 amide bonds.